The van der Waals surface area contributed by atoms with E-state index in [1.807, 2.05) is 0 Å². The Bertz CT molecular complexity index is 1120. The summed E-state index contributed by atoms with van der Waals surface area (Å²) < 4.78 is 71.8. The van der Waals surface area contributed by atoms with Crippen LogP contribution >= 0.6 is 0 Å². The molecule has 0 spiro atoms. The molecule has 0 aromatic heterocycles. The Morgan fingerprint density at radius 2 is 1.82 bits per heavy atom. The van der Waals surface area contributed by atoms with E-state index in [1.165, 1.54) is 18.2 Å². The lowest BCUT2D eigenvalue weighted by Gasteiger charge is -2.29. The molecule has 1 aliphatic rings. The second-order valence-corrected chi connectivity index (χ2v) is 9.23. The zero-order valence-electron chi connectivity index (χ0n) is 17.8. The minimum atomic E-state index is -5.01. The number of rotatable bonds is 7. The number of sulfonamides is 1. The summed E-state index contributed by atoms with van der Waals surface area (Å²) in [5.74, 6) is -2.71. The van der Waals surface area contributed by atoms with Crippen LogP contribution < -0.4 is 4.72 Å². The molecule has 1 N–H and O–H groups in total. The summed E-state index contributed by atoms with van der Waals surface area (Å²) in [6, 6.07) is 11.6. The van der Waals surface area contributed by atoms with Crippen molar-refractivity contribution in [1.82, 2.24) is 9.62 Å². The zero-order chi connectivity index (χ0) is 24.2. The number of carbonyl (C=O) groups excluding carboxylic acids is 2. The van der Waals surface area contributed by atoms with Gasteiger partial charge in [0.15, 0.2) is 0 Å². The number of esters is 1. The van der Waals surface area contributed by atoms with Crippen LogP contribution in [0.5, 0.6) is 0 Å². The lowest BCUT2D eigenvalue weighted by Crippen LogP contribution is -2.44. The van der Waals surface area contributed by atoms with Gasteiger partial charge in [-0.05, 0) is 48.6 Å². The van der Waals surface area contributed by atoms with Crippen LogP contribution in [-0.2, 0) is 43.7 Å². The molecule has 0 fully saturated rings. The Morgan fingerprint density at radius 1 is 1.12 bits per heavy atom. The van der Waals surface area contributed by atoms with E-state index in [2.05, 4.69) is 4.72 Å². The van der Waals surface area contributed by atoms with Gasteiger partial charge in [-0.2, -0.15) is 17.9 Å². The largest absolute Gasteiger partial charge is 0.471 e. The average molecular weight is 484 g/mol. The fourth-order valence-electron chi connectivity index (χ4n) is 3.57. The first-order valence-electron chi connectivity index (χ1n) is 10.2. The summed E-state index contributed by atoms with van der Waals surface area (Å²) in [7, 11) is -4.22. The number of halogens is 3. The zero-order valence-corrected chi connectivity index (χ0v) is 18.6. The van der Waals surface area contributed by atoms with Gasteiger partial charge >= 0.3 is 18.1 Å². The predicted molar refractivity (Wildman–Crippen MR) is 113 cm³/mol. The lowest BCUT2D eigenvalue weighted by atomic mass is 10.00. The van der Waals surface area contributed by atoms with Gasteiger partial charge in [-0.3, -0.25) is 9.59 Å². The predicted octanol–water partition coefficient (Wildman–Crippen LogP) is 2.59. The minimum absolute atomic E-state index is 0.0533. The molecule has 0 bridgehead atoms. The van der Waals surface area contributed by atoms with E-state index >= 15 is 0 Å². The van der Waals surface area contributed by atoms with E-state index in [0.717, 1.165) is 0 Å². The smallest absolute Gasteiger partial charge is 0.465 e. The van der Waals surface area contributed by atoms with E-state index < -0.39 is 34.1 Å². The molecule has 0 aliphatic carbocycles. The van der Waals surface area contributed by atoms with Crippen molar-refractivity contribution in [3.8, 4) is 0 Å². The van der Waals surface area contributed by atoms with Crippen LogP contribution in [0.15, 0.2) is 53.4 Å². The van der Waals surface area contributed by atoms with Crippen LogP contribution in [0, 0.1) is 0 Å². The van der Waals surface area contributed by atoms with Gasteiger partial charge < -0.3 is 9.64 Å². The molecule has 2 aromatic rings. The van der Waals surface area contributed by atoms with Gasteiger partial charge in [-0.25, -0.2) is 8.42 Å². The van der Waals surface area contributed by atoms with Gasteiger partial charge in [0.05, 0.1) is 11.5 Å². The van der Waals surface area contributed by atoms with Gasteiger partial charge in [0.2, 0.25) is 10.0 Å². The molecule has 0 saturated carbocycles. The number of nitrogens with zero attached hydrogens (tertiary/aromatic N) is 1. The highest BCUT2D eigenvalue weighted by Gasteiger charge is 2.43. The number of hydrogen-bond donors (Lipinski definition) is 1. The molecule has 0 radical (unpaired) electrons. The molecule has 11 heteroatoms. The highest BCUT2D eigenvalue weighted by molar-refractivity contribution is 7.89. The molecule has 2 aromatic carbocycles. The molecule has 0 unspecified atom stereocenters. The van der Waals surface area contributed by atoms with Crippen LogP contribution in [0.4, 0.5) is 13.2 Å². The molecule has 1 atom stereocenters. The summed E-state index contributed by atoms with van der Waals surface area (Å²) >= 11 is 0. The van der Waals surface area contributed by atoms with E-state index in [4.69, 9.17) is 4.74 Å². The van der Waals surface area contributed by atoms with E-state index in [1.54, 1.807) is 37.3 Å². The van der Waals surface area contributed by atoms with Crippen molar-refractivity contribution >= 4 is 21.9 Å². The lowest BCUT2D eigenvalue weighted by molar-refractivity contribution is -0.186. The Hall–Kier alpha value is -2.92. The third-order valence-electron chi connectivity index (χ3n) is 5.18. The van der Waals surface area contributed by atoms with Gasteiger partial charge in [0.1, 0.15) is 6.04 Å². The number of hydrogen-bond acceptors (Lipinski definition) is 5. The molecule has 7 nitrogen and oxygen atoms in total. The van der Waals surface area contributed by atoms with Crippen molar-refractivity contribution in [2.75, 3.05) is 13.2 Å². The second kappa shape index (κ2) is 9.92. The highest BCUT2D eigenvalue weighted by Crippen LogP contribution is 2.26. The summed E-state index contributed by atoms with van der Waals surface area (Å²) in [6.07, 6.45) is -4.78. The van der Waals surface area contributed by atoms with Crippen LogP contribution in [0.3, 0.4) is 0 Å². The van der Waals surface area contributed by atoms with Crippen molar-refractivity contribution < 1.29 is 35.9 Å². The normalized spacial score (nSPS) is 15.0. The SMILES string of the molecule is CCOC(=O)[C@H](Cc1ccccc1)NS(=O)(=O)c1ccc2c(c1)CN(C(=O)C(F)(F)F)CC2. The summed E-state index contributed by atoms with van der Waals surface area (Å²) in [5, 5.41) is 0. The number of carbonyl (C=O) groups is 2. The van der Waals surface area contributed by atoms with Gasteiger partial charge in [-0.1, -0.05) is 36.4 Å². The van der Waals surface area contributed by atoms with Gasteiger partial charge in [0.25, 0.3) is 0 Å². The summed E-state index contributed by atoms with van der Waals surface area (Å²) in [5.41, 5.74) is 1.67. The first-order chi connectivity index (χ1) is 15.5. The van der Waals surface area contributed by atoms with Crippen LogP contribution in [-0.4, -0.2) is 50.6 Å². The van der Waals surface area contributed by atoms with Gasteiger partial charge in [-0.15, -0.1) is 0 Å². The Balaban J connectivity index is 1.84. The Kier molecular flexibility index (Phi) is 7.43. The average Bonchev–Trinajstić information content (AvgIpc) is 2.77. The maximum absolute atomic E-state index is 13.0. The number of fused-ring (bicyclic) bond motifs is 1. The first kappa shape index (κ1) is 24.7. The van der Waals surface area contributed by atoms with Crippen molar-refractivity contribution in [3.63, 3.8) is 0 Å². The molecule has 3 rings (SSSR count). The second-order valence-electron chi connectivity index (χ2n) is 7.52. The number of alkyl halides is 3. The fraction of sp³-hybridized carbons (Fsp3) is 0.364. The van der Waals surface area contributed by atoms with Gasteiger partial charge in [0, 0.05) is 13.1 Å². The van der Waals surface area contributed by atoms with E-state index in [9.17, 15) is 31.2 Å². The number of nitrogens with one attached hydrogen (secondary N) is 1. The maximum Gasteiger partial charge on any atom is 0.471 e. The molecule has 178 valence electrons. The van der Waals surface area contributed by atoms with E-state index in [0.29, 0.717) is 21.6 Å². The standard InChI is InChI=1S/C22H23F3N2O5S/c1-2-32-20(28)19(12-15-6-4-3-5-7-15)26-33(30,31)18-9-8-16-10-11-27(14-17(16)13-18)21(29)22(23,24)25/h3-9,13,19,26H,2,10-12,14H2,1H3/t19-/m0/s1. The summed E-state index contributed by atoms with van der Waals surface area (Å²) in [6.45, 7) is 1.19. The maximum atomic E-state index is 13.0. The third-order valence-corrected chi connectivity index (χ3v) is 6.65. The van der Waals surface area contributed by atoms with Crippen molar-refractivity contribution in [2.24, 2.45) is 0 Å². The van der Waals surface area contributed by atoms with Crippen molar-refractivity contribution in [1.29, 1.82) is 0 Å². The topological polar surface area (TPSA) is 92.8 Å². The molecule has 0 saturated heterocycles. The van der Waals surface area contributed by atoms with Crippen molar-refractivity contribution in [3.05, 3.63) is 65.2 Å². The summed E-state index contributed by atoms with van der Waals surface area (Å²) in [4.78, 5) is 24.4. The van der Waals surface area contributed by atoms with Crippen LogP contribution in [0.25, 0.3) is 0 Å². The number of amides is 1. The monoisotopic (exact) mass is 484 g/mol. The number of ether oxygens (including phenoxy) is 1. The minimum Gasteiger partial charge on any atom is -0.465 e. The van der Waals surface area contributed by atoms with Crippen LogP contribution in [0.1, 0.15) is 23.6 Å². The molecule has 1 heterocycles. The molecular formula is C22H23F3N2O5S. The molecule has 1 aliphatic heterocycles. The van der Waals surface area contributed by atoms with Crippen LogP contribution in [0.2, 0.25) is 0 Å². The van der Waals surface area contributed by atoms with E-state index in [-0.39, 0.29) is 37.4 Å². The highest BCUT2D eigenvalue weighted by atomic mass is 32.2. The third kappa shape index (κ3) is 6.11. The molecule has 1 amide bonds. The van der Waals surface area contributed by atoms with Crippen molar-refractivity contribution in [2.45, 2.75) is 43.4 Å². The molecular weight excluding hydrogens is 461 g/mol. The number of benzene rings is 2. The molecule has 33 heavy (non-hydrogen) atoms. The first-order valence-corrected chi connectivity index (χ1v) is 11.7. The Labute approximate surface area is 189 Å². The Morgan fingerprint density at radius 3 is 2.45 bits per heavy atom. The fourth-order valence-corrected chi connectivity index (χ4v) is 4.81. The quantitative estimate of drug-likeness (QED) is 0.610.